The molecule has 18 heavy (non-hydrogen) atoms. The first kappa shape index (κ1) is 10.7. The number of carbonyl (C=O) groups excluding carboxylic acids is 1. The van der Waals surface area contributed by atoms with Crippen LogP contribution in [0, 0.1) is 0 Å². The molecule has 1 amide bonds. The maximum absolute atomic E-state index is 12.2. The second kappa shape index (κ2) is 4.10. The van der Waals surface area contributed by atoms with Gasteiger partial charge in [-0.15, -0.1) is 0 Å². The predicted molar refractivity (Wildman–Crippen MR) is 66.9 cm³/mol. The summed E-state index contributed by atoms with van der Waals surface area (Å²) in [6, 6.07) is 7.32. The first-order chi connectivity index (χ1) is 8.77. The Kier molecular flexibility index (Phi) is 2.44. The van der Waals surface area contributed by atoms with Gasteiger partial charge >= 0.3 is 0 Å². The molecule has 1 aliphatic rings. The second-order valence-corrected chi connectivity index (χ2v) is 4.15. The standard InChI is InChI=1S/C13H12N4O/c1-17-12(9-4-2-6-14-8-9)16-11-10(13(17)18)5-3-7-15-11/h2-8,12H,1H3,(H,15,16). The highest BCUT2D eigenvalue weighted by atomic mass is 16.2. The third-order valence-electron chi connectivity index (χ3n) is 3.02. The van der Waals surface area contributed by atoms with Crippen LogP contribution < -0.4 is 5.32 Å². The number of rotatable bonds is 1. The van der Waals surface area contributed by atoms with E-state index in [0.717, 1.165) is 5.56 Å². The zero-order chi connectivity index (χ0) is 12.5. The summed E-state index contributed by atoms with van der Waals surface area (Å²) in [5.41, 5.74) is 1.53. The van der Waals surface area contributed by atoms with E-state index in [2.05, 4.69) is 15.3 Å². The smallest absolute Gasteiger partial charge is 0.259 e. The molecule has 0 saturated carbocycles. The van der Waals surface area contributed by atoms with E-state index in [1.165, 1.54) is 0 Å². The number of fused-ring (bicyclic) bond motifs is 1. The zero-order valence-corrected chi connectivity index (χ0v) is 9.87. The first-order valence-corrected chi connectivity index (χ1v) is 5.66. The van der Waals surface area contributed by atoms with Crippen LogP contribution in [-0.4, -0.2) is 27.8 Å². The lowest BCUT2D eigenvalue weighted by atomic mass is 10.1. The van der Waals surface area contributed by atoms with Crippen molar-refractivity contribution in [2.45, 2.75) is 6.17 Å². The number of carbonyl (C=O) groups is 1. The van der Waals surface area contributed by atoms with Gasteiger partial charge in [-0.25, -0.2) is 4.98 Å². The average molecular weight is 240 g/mol. The molecule has 0 bridgehead atoms. The van der Waals surface area contributed by atoms with Gasteiger partial charge in [0, 0.05) is 31.2 Å². The fourth-order valence-corrected chi connectivity index (χ4v) is 2.07. The number of nitrogens with zero attached hydrogens (tertiary/aromatic N) is 3. The zero-order valence-electron chi connectivity index (χ0n) is 9.87. The van der Waals surface area contributed by atoms with Gasteiger partial charge < -0.3 is 10.2 Å². The van der Waals surface area contributed by atoms with Crippen molar-refractivity contribution in [2.75, 3.05) is 12.4 Å². The molecule has 1 unspecified atom stereocenters. The Morgan fingerprint density at radius 3 is 2.89 bits per heavy atom. The number of hydrogen-bond acceptors (Lipinski definition) is 4. The number of aromatic nitrogens is 2. The van der Waals surface area contributed by atoms with E-state index in [9.17, 15) is 4.79 Å². The molecule has 0 radical (unpaired) electrons. The molecule has 0 aliphatic carbocycles. The molecule has 5 heteroatoms. The second-order valence-electron chi connectivity index (χ2n) is 4.15. The minimum atomic E-state index is -0.228. The lowest BCUT2D eigenvalue weighted by Crippen LogP contribution is -2.40. The molecule has 0 spiro atoms. The Morgan fingerprint density at radius 2 is 2.11 bits per heavy atom. The lowest BCUT2D eigenvalue weighted by Gasteiger charge is -2.34. The molecule has 2 aromatic heterocycles. The molecule has 1 aliphatic heterocycles. The molecule has 1 N–H and O–H groups in total. The third kappa shape index (κ3) is 1.60. The Morgan fingerprint density at radius 1 is 1.28 bits per heavy atom. The van der Waals surface area contributed by atoms with E-state index in [4.69, 9.17) is 0 Å². The number of pyridine rings is 2. The minimum Gasteiger partial charge on any atom is -0.345 e. The van der Waals surface area contributed by atoms with Crippen molar-refractivity contribution in [3.8, 4) is 0 Å². The maximum Gasteiger partial charge on any atom is 0.259 e. The monoisotopic (exact) mass is 240 g/mol. The van der Waals surface area contributed by atoms with Gasteiger partial charge in [0.2, 0.25) is 0 Å². The molecule has 1 atom stereocenters. The van der Waals surface area contributed by atoms with Crippen LogP contribution in [0.2, 0.25) is 0 Å². The third-order valence-corrected chi connectivity index (χ3v) is 3.02. The molecule has 5 nitrogen and oxygen atoms in total. The van der Waals surface area contributed by atoms with Crippen molar-refractivity contribution >= 4 is 11.7 Å². The van der Waals surface area contributed by atoms with Gasteiger partial charge in [-0.3, -0.25) is 9.78 Å². The normalized spacial score (nSPS) is 18.2. The molecule has 2 aromatic rings. The highest BCUT2D eigenvalue weighted by molar-refractivity contribution is 6.00. The Balaban J connectivity index is 2.04. The topological polar surface area (TPSA) is 58.1 Å². The SMILES string of the molecule is CN1C(=O)c2cccnc2NC1c1cccnc1. The summed E-state index contributed by atoms with van der Waals surface area (Å²) in [5, 5.41) is 3.25. The van der Waals surface area contributed by atoms with E-state index >= 15 is 0 Å². The summed E-state index contributed by atoms with van der Waals surface area (Å²) < 4.78 is 0. The van der Waals surface area contributed by atoms with Gasteiger partial charge in [0.1, 0.15) is 12.0 Å². The van der Waals surface area contributed by atoms with Crippen LogP contribution in [0.4, 0.5) is 5.82 Å². The maximum atomic E-state index is 12.2. The van der Waals surface area contributed by atoms with Crippen LogP contribution in [-0.2, 0) is 0 Å². The van der Waals surface area contributed by atoms with Crippen molar-refractivity contribution in [3.63, 3.8) is 0 Å². The highest BCUT2D eigenvalue weighted by Gasteiger charge is 2.30. The van der Waals surface area contributed by atoms with Gasteiger partial charge in [-0.05, 0) is 18.2 Å². The molecular weight excluding hydrogens is 228 g/mol. The molecular formula is C13H12N4O. The van der Waals surface area contributed by atoms with E-state index in [0.29, 0.717) is 11.4 Å². The summed E-state index contributed by atoms with van der Waals surface area (Å²) >= 11 is 0. The van der Waals surface area contributed by atoms with Crippen LogP contribution in [0.1, 0.15) is 22.1 Å². The average Bonchev–Trinajstić information content (AvgIpc) is 2.44. The van der Waals surface area contributed by atoms with Gasteiger partial charge in [0.15, 0.2) is 0 Å². The number of nitrogens with one attached hydrogen (secondary N) is 1. The van der Waals surface area contributed by atoms with Crippen molar-refractivity contribution in [1.29, 1.82) is 0 Å². The molecule has 0 fully saturated rings. The Bertz CT molecular complexity index is 585. The lowest BCUT2D eigenvalue weighted by molar-refractivity contribution is 0.0734. The molecule has 90 valence electrons. The summed E-state index contributed by atoms with van der Waals surface area (Å²) in [5.74, 6) is 0.583. The van der Waals surface area contributed by atoms with Gasteiger partial charge in [0.25, 0.3) is 5.91 Å². The van der Waals surface area contributed by atoms with Gasteiger partial charge in [-0.2, -0.15) is 0 Å². The van der Waals surface area contributed by atoms with Gasteiger partial charge in [-0.1, -0.05) is 6.07 Å². The first-order valence-electron chi connectivity index (χ1n) is 5.66. The van der Waals surface area contributed by atoms with Gasteiger partial charge in [0.05, 0.1) is 5.56 Å². The quantitative estimate of drug-likeness (QED) is 0.823. The van der Waals surface area contributed by atoms with Crippen LogP contribution in [0.3, 0.4) is 0 Å². The number of anilines is 1. The molecule has 0 aromatic carbocycles. The van der Waals surface area contributed by atoms with E-state index in [1.54, 1.807) is 42.7 Å². The Hall–Kier alpha value is -2.43. The molecule has 3 heterocycles. The van der Waals surface area contributed by atoms with E-state index < -0.39 is 0 Å². The van der Waals surface area contributed by atoms with Crippen molar-refractivity contribution in [1.82, 2.24) is 14.9 Å². The fraction of sp³-hybridized carbons (Fsp3) is 0.154. The Labute approximate surface area is 104 Å². The van der Waals surface area contributed by atoms with Crippen LogP contribution in [0.5, 0.6) is 0 Å². The number of amides is 1. The van der Waals surface area contributed by atoms with Crippen LogP contribution in [0.25, 0.3) is 0 Å². The van der Waals surface area contributed by atoms with Crippen molar-refractivity contribution in [2.24, 2.45) is 0 Å². The van der Waals surface area contributed by atoms with Crippen molar-refractivity contribution in [3.05, 3.63) is 54.0 Å². The van der Waals surface area contributed by atoms with E-state index in [-0.39, 0.29) is 12.1 Å². The summed E-state index contributed by atoms with van der Waals surface area (Å²) in [6.07, 6.45) is 4.90. The predicted octanol–water partition coefficient (Wildman–Crippen LogP) is 1.67. The van der Waals surface area contributed by atoms with Crippen molar-refractivity contribution < 1.29 is 4.79 Å². The summed E-state index contributed by atoms with van der Waals surface area (Å²) in [7, 11) is 1.77. The highest BCUT2D eigenvalue weighted by Crippen LogP contribution is 2.29. The largest absolute Gasteiger partial charge is 0.345 e. The molecule has 0 saturated heterocycles. The molecule has 3 rings (SSSR count). The van der Waals surface area contributed by atoms with E-state index in [1.807, 2.05) is 12.1 Å². The fourth-order valence-electron chi connectivity index (χ4n) is 2.07. The number of hydrogen-bond donors (Lipinski definition) is 1. The minimum absolute atomic E-state index is 0.0364. The van der Waals surface area contributed by atoms with Crippen LogP contribution in [0.15, 0.2) is 42.9 Å². The summed E-state index contributed by atoms with van der Waals surface area (Å²) in [6.45, 7) is 0. The summed E-state index contributed by atoms with van der Waals surface area (Å²) in [4.78, 5) is 22.2. The van der Waals surface area contributed by atoms with Crippen LogP contribution >= 0.6 is 0 Å².